The molecule has 0 spiro atoms. The Morgan fingerprint density at radius 2 is 2.48 bits per heavy atom. The first-order valence-electron chi connectivity index (χ1n) is 7.34. The Hall–Kier alpha value is -1.35. The van der Waals surface area contributed by atoms with Crippen LogP contribution in [0.3, 0.4) is 0 Å². The number of thiophene rings is 1. The smallest absolute Gasteiger partial charge is 0.262 e. The second-order valence-electron chi connectivity index (χ2n) is 5.42. The fourth-order valence-corrected chi connectivity index (χ4v) is 3.32. The molecule has 1 amide bonds. The first kappa shape index (κ1) is 16.0. The van der Waals surface area contributed by atoms with Crippen LogP contribution >= 0.6 is 11.3 Å². The molecule has 1 aromatic heterocycles. The topological polar surface area (TPSA) is 52.6 Å². The summed E-state index contributed by atoms with van der Waals surface area (Å²) in [5, 5.41) is 13.7. The van der Waals surface area contributed by atoms with Crippen LogP contribution in [0.1, 0.15) is 34.5 Å². The largest absolute Gasteiger partial charge is 0.395 e. The Labute approximate surface area is 130 Å². The van der Waals surface area contributed by atoms with Crippen molar-refractivity contribution in [3.63, 3.8) is 0 Å². The number of likely N-dealkylation sites (tertiary alicyclic amines) is 1. The number of nitrogens with zero attached hydrogens (tertiary/aromatic N) is 1. The Morgan fingerprint density at radius 3 is 3.24 bits per heavy atom. The number of hydrogen-bond acceptors (Lipinski definition) is 4. The van der Waals surface area contributed by atoms with Crippen molar-refractivity contribution in [2.45, 2.75) is 19.3 Å². The molecule has 2 N–H and O–H groups in total. The lowest BCUT2D eigenvalue weighted by Gasteiger charge is -2.29. The average Bonchev–Trinajstić information content (AvgIpc) is 2.94. The molecule has 21 heavy (non-hydrogen) atoms. The van der Waals surface area contributed by atoms with E-state index in [0.29, 0.717) is 17.2 Å². The highest BCUT2D eigenvalue weighted by Crippen LogP contribution is 2.17. The number of rotatable bonds is 4. The Kier molecular flexibility index (Phi) is 6.24. The minimum Gasteiger partial charge on any atom is -0.395 e. The van der Waals surface area contributed by atoms with E-state index in [2.05, 4.69) is 29.1 Å². The van der Waals surface area contributed by atoms with Crippen molar-refractivity contribution in [2.24, 2.45) is 5.92 Å². The van der Waals surface area contributed by atoms with Crippen LogP contribution in [0.2, 0.25) is 0 Å². The lowest BCUT2D eigenvalue weighted by atomic mass is 9.98. The van der Waals surface area contributed by atoms with E-state index >= 15 is 0 Å². The monoisotopic (exact) mass is 306 g/mol. The molecule has 1 saturated heterocycles. The number of carbonyl (C=O) groups is 1. The summed E-state index contributed by atoms with van der Waals surface area (Å²) in [6.07, 6.45) is 2.82. The quantitative estimate of drug-likeness (QED) is 0.830. The fraction of sp³-hybridized carbons (Fsp3) is 0.562. The second-order valence-corrected chi connectivity index (χ2v) is 6.34. The lowest BCUT2D eigenvalue weighted by Crippen LogP contribution is -2.39. The molecule has 0 saturated carbocycles. The minimum absolute atomic E-state index is 0.0356. The molecule has 0 aliphatic carbocycles. The highest BCUT2D eigenvalue weighted by atomic mass is 32.1. The summed E-state index contributed by atoms with van der Waals surface area (Å²) in [5.74, 6) is 6.32. The van der Waals surface area contributed by atoms with Crippen LogP contribution < -0.4 is 5.32 Å². The lowest BCUT2D eigenvalue weighted by molar-refractivity contribution is 0.0940. The number of nitrogens with one attached hydrogen (secondary N) is 1. The van der Waals surface area contributed by atoms with Crippen LogP contribution in [-0.2, 0) is 0 Å². The van der Waals surface area contributed by atoms with E-state index in [-0.39, 0.29) is 12.5 Å². The number of hydrogen-bond donors (Lipinski definition) is 2. The van der Waals surface area contributed by atoms with Crippen molar-refractivity contribution >= 4 is 17.2 Å². The third-order valence-electron chi connectivity index (χ3n) is 3.60. The van der Waals surface area contributed by atoms with Gasteiger partial charge in [0.1, 0.15) is 4.88 Å². The number of amides is 1. The maximum Gasteiger partial charge on any atom is 0.262 e. The first-order chi connectivity index (χ1) is 10.2. The van der Waals surface area contributed by atoms with Gasteiger partial charge >= 0.3 is 0 Å². The Morgan fingerprint density at radius 1 is 1.62 bits per heavy atom. The number of carbonyl (C=O) groups excluding carboxylic acids is 1. The Balaban J connectivity index is 1.89. The Bertz CT molecular complexity index is 530. The zero-order valence-electron chi connectivity index (χ0n) is 12.4. The van der Waals surface area contributed by atoms with E-state index in [1.54, 1.807) is 0 Å². The zero-order valence-corrected chi connectivity index (χ0v) is 13.2. The van der Waals surface area contributed by atoms with Crippen LogP contribution in [0.25, 0.3) is 0 Å². The van der Waals surface area contributed by atoms with Crippen molar-refractivity contribution in [1.82, 2.24) is 10.2 Å². The van der Waals surface area contributed by atoms with Gasteiger partial charge in [0.25, 0.3) is 5.91 Å². The summed E-state index contributed by atoms with van der Waals surface area (Å²) < 4.78 is 0. The normalized spacial score (nSPS) is 18.9. The summed E-state index contributed by atoms with van der Waals surface area (Å²) in [6, 6.07) is 1.86. The molecule has 1 fully saturated rings. The van der Waals surface area contributed by atoms with Crippen molar-refractivity contribution in [3.05, 3.63) is 21.9 Å². The van der Waals surface area contributed by atoms with E-state index in [0.717, 1.165) is 25.2 Å². The van der Waals surface area contributed by atoms with Crippen LogP contribution in [0.4, 0.5) is 0 Å². The molecule has 114 valence electrons. The number of piperidine rings is 1. The number of aliphatic hydroxyl groups excluding tert-OH is 1. The SMILES string of the molecule is CN1CCCC(CNC(=O)c2sccc2C#CCCO)C1. The highest BCUT2D eigenvalue weighted by molar-refractivity contribution is 7.12. The summed E-state index contributed by atoms with van der Waals surface area (Å²) in [7, 11) is 2.13. The van der Waals surface area contributed by atoms with Crippen LogP contribution in [0.5, 0.6) is 0 Å². The average molecular weight is 306 g/mol. The third-order valence-corrected chi connectivity index (χ3v) is 4.52. The first-order valence-corrected chi connectivity index (χ1v) is 8.22. The molecule has 1 aliphatic heterocycles. The van der Waals surface area contributed by atoms with Gasteiger partial charge in [-0.3, -0.25) is 4.79 Å². The van der Waals surface area contributed by atoms with Gasteiger partial charge < -0.3 is 15.3 Å². The number of aliphatic hydroxyl groups is 1. The molecule has 0 aromatic carbocycles. The van der Waals surface area contributed by atoms with E-state index in [4.69, 9.17) is 5.11 Å². The molecule has 1 aromatic rings. The van der Waals surface area contributed by atoms with Gasteiger partial charge in [-0.15, -0.1) is 11.3 Å². The van der Waals surface area contributed by atoms with Gasteiger partial charge in [-0.2, -0.15) is 0 Å². The van der Waals surface area contributed by atoms with Crippen LogP contribution in [0, 0.1) is 17.8 Å². The van der Waals surface area contributed by atoms with E-state index in [1.165, 1.54) is 24.2 Å². The fourth-order valence-electron chi connectivity index (χ4n) is 2.55. The molecular formula is C16H22N2O2S. The van der Waals surface area contributed by atoms with Gasteiger partial charge in [0, 0.05) is 25.1 Å². The van der Waals surface area contributed by atoms with Crippen molar-refractivity contribution in [1.29, 1.82) is 0 Å². The highest BCUT2D eigenvalue weighted by Gasteiger charge is 2.19. The molecule has 2 rings (SSSR count). The van der Waals surface area contributed by atoms with Gasteiger partial charge in [-0.25, -0.2) is 0 Å². The third kappa shape index (κ3) is 4.85. The predicted molar refractivity (Wildman–Crippen MR) is 85.5 cm³/mol. The molecular weight excluding hydrogens is 284 g/mol. The molecule has 0 radical (unpaired) electrons. The van der Waals surface area contributed by atoms with Crippen molar-refractivity contribution in [2.75, 3.05) is 33.3 Å². The van der Waals surface area contributed by atoms with Gasteiger partial charge in [0.2, 0.25) is 0 Å². The molecule has 1 unspecified atom stereocenters. The van der Waals surface area contributed by atoms with Gasteiger partial charge in [0.05, 0.1) is 6.61 Å². The molecule has 1 atom stereocenters. The van der Waals surface area contributed by atoms with E-state index in [1.807, 2.05) is 11.4 Å². The van der Waals surface area contributed by atoms with E-state index < -0.39 is 0 Å². The van der Waals surface area contributed by atoms with Gasteiger partial charge in [-0.1, -0.05) is 11.8 Å². The molecule has 5 heteroatoms. The van der Waals surface area contributed by atoms with Gasteiger partial charge in [-0.05, 0) is 43.8 Å². The summed E-state index contributed by atoms with van der Waals surface area (Å²) >= 11 is 1.42. The molecule has 4 nitrogen and oxygen atoms in total. The minimum atomic E-state index is -0.0356. The summed E-state index contributed by atoms with van der Waals surface area (Å²) in [4.78, 5) is 15.2. The zero-order chi connectivity index (χ0) is 15.1. The van der Waals surface area contributed by atoms with Crippen LogP contribution in [-0.4, -0.2) is 49.2 Å². The van der Waals surface area contributed by atoms with Crippen LogP contribution in [0.15, 0.2) is 11.4 Å². The second kappa shape index (κ2) is 8.18. The molecule has 1 aliphatic rings. The molecule has 0 bridgehead atoms. The summed E-state index contributed by atoms with van der Waals surface area (Å²) in [6.45, 7) is 2.98. The molecule has 2 heterocycles. The van der Waals surface area contributed by atoms with Gasteiger partial charge in [0.15, 0.2) is 0 Å². The maximum atomic E-state index is 12.3. The summed E-state index contributed by atoms with van der Waals surface area (Å²) in [5.41, 5.74) is 0.756. The standard InChI is InChI=1S/C16H22N2O2S/c1-18-8-4-5-13(12-18)11-17-16(20)15-14(7-10-21-15)6-2-3-9-19/h7,10,13,19H,3-5,8-9,11-12H2,1H3,(H,17,20). The maximum absolute atomic E-state index is 12.3. The van der Waals surface area contributed by atoms with E-state index in [9.17, 15) is 4.79 Å². The predicted octanol–water partition coefficient (Wildman–Crippen LogP) is 1.55. The van der Waals surface area contributed by atoms with Crippen molar-refractivity contribution in [3.8, 4) is 11.8 Å². The van der Waals surface area contributed by atoms with Crippen molar-refractivity contribution < 1.29 is 9.90 Å².